The molecule has 1 heterocycles. The molecule has 0 radical (unpaired) electrons. The first-order chi connectivity index (χ1) is 27.2. The van der Waals surface area contributed by atoms with Gasteiger partial charge in [-0.25, -0.2) is 0 Å². The van der Waals surface area contributed by atoms with Gasteiger partial charge in [-0.05, 0) is 155 Å². The molecule has 56 heavy (non-hydrogen) atoms. The monoisotopic (exact) mass is 731 g/mol. The lowest BCUT2D eigenvalue weighted by Gasteiger charge is -2.63. The number of hydrogen-bond donors (Lipinski definition) is 0. The smallest absolute Gasteiger partial charge is 0.133 e. The van der Waals surface area contributed by atoms with E-state index in [0.29, 0.717) is 11.8 Å². The minimum atomic E-state index is -0.0716. The topological polar surface area (TPSA) is 12.5 Å². The van der Waals surface area contributed by atoms with Crippen LogP contribution in [-0.4, -0.2) is 0 Å². The van der Waals surface area contributed by atoms with Gasteiger partial charge in [0, 0.05) is 27.9 Å². The van der Waals surface area contributed by atoms with Gasteiger partial charge >= 0.3 is 0 Å². The van der Waals surface area contributed by atoms with Crippen LogP contribution >= 0.6 is 0 Å². The van der Waals surface area contributed by atoms with E-state index in [1.807, 2.05) is 0 Å². The van der Waals surface area contributed by atoms with Crippen molar-refractivity contribution >= 4 is 17.1 Å². The molecule has 6 aliphatic rings. The molecule has 1 spiro atoms. The van der Waals surface area contributed by atoms with Crippen LogP contribution in [0.2, 0.25) is 0 Å². The molecule has 5 aliphatic carbocycles. The maximum absolute atomic E-state index is 6.99. The molecule has 2 nitrogen and oxygen atoms in total. The molecule has 1 aliphatic heterocycles. The first-order valence-corrected chi connectivity index (χ1v) is 21.3. The van der Waals surface area contributed by atoms with Crippen LogP contribution in [0.4, 0.5) is 17.1 Å². The molecule has 4 bridgehead atoms. The molecule has 0 saturated heterocycles. The van der Waals surface area contributed by atoms with E-state index in [4.69, 9.17) is 4.74 Å². The molecule has 0 N–H and O–H groups in total. The largest absolute Gasteiger partial charge is 0.457 e. The second-order valence-electron chi connectivity index (χ2n) is 19.2. The highest BCUT2D eigenvalue weighted by Gasteiger charge is 2.62. The first kappa shape index (κ1) is 34.2. The number of fused-ring (bicyclic) bond motifs is 3. The number of benzene rings is 6. The van der Waals surface area contributed by atoms with Crippen molar-refractivity contribution in [3.05, 3.63) is 162 Å². The summed E-state index contributed by atoms with van der Waals surface area (Å²) in [6.07, 6.45) is 9.14. The predicted molar refractivity (Wildman–Crippen MR) is 232 cm³/mol. The summed E-state index contributed by atoms with van der Waals surface area (Å²) < 4.78 is 6.99. The zero-order valence-electron chi connectivity index (χ0n) is 33.4. The van der Waals surface area contributed by atoms with Crippen LogP contribution in [0.1, 0.15) is 94.9 Å². The lowest BCUT2D eigenvalue weighted by molar-refractivity contribution is -0.0449. The van der Waals surface area contributed by atoms with Crippen LogP contribution in [0, 0.1) is 23.7 Å². The van der Waals surface area contributed by atoms with Crippen molar-refractivity contribution in [1.82, 2.24) is 0 Å². The Kier molecular flexibility index (Phi) is 7.61. The Morgan fingerprint density at radius 2 is 1.02 bits per heavy atom. The lowest BCUT2D eigenvalue weighted by Crippen LogP contribution is -2.57. The lowest BCUT2D eigenvalue weighted by atomic mass is 9.41. The molecule has 2 heteroatoms. The third-order valence-corrected chi connectivity index (χ3v) is 15.2. The minimum Gasteiger partial charge on any atom is -0.457 e. The number of ether oxygens (including phenoxy) is 1. The minimum absolute atomic E-state index is 0.0716. The number of para-hydroxylation sites is 1. The van der Waals surface area contributed by atoms with Crippen LogP contribution in [0.3, 0.4) is 0 Å². The van der Waals surface area contributed by atoms with Gasteiger partial charge in [0.1, 0.15) is 11.5 Å². The maximum Gasteiger partial charge on any atom is 0.133 e. The molecule has 0 unspecified atom stereocenters. The number of rotatable bonds is 5. The third-order valence-electron chi connectivity index (χ3n) is 15.2. The molecule has 0 amide bonds. The summed E-state index contributed by atoms with van der Waals surface area (Å²) in [6, 6.07) is 52.5. The van der Waals surface area contributed by atoms with Crippen molar-refractivity contribution in [2.75, 3.05) is 4.90 Å². The summed E-state index contributed by atoms with van der Waals surface area (Å²) in [6.45, 7) is 9.73. The SMILES string of the molecule is CC1(C)CCC(C)(C)c2c(-c3ccc(N(c4ccc(-c5ccccc5)cc4)c4cccc5c4C4(c6ccccc6O5)C5CC6CC(C5)CC4C6)cc3)cccc21. The van der Waals surface area contributed by atoms with Gasteiger partial charge in [0.25, 0.3) is 0 Å². The van der Waals surface area contributed by atoms with Gasteiger partial charge in [0.2, 0.25) is 0 Å². The Morgan fingerprint density at radius 1 is 0.464 bits per heavy atom. The van der Waals surface area contributed by atoms with E-state index < -0.39 is 0 Å². The van der Waals surface area contributed by atoms with Gasteiger partial charge in [0.05, 0.1) is 5.69 Å². The van der Waals surface area contributed by atoms with Crippen LogP contribution in [-0.2, 0) is 16.2 Å². The number of nitrogens with zero attached hydrogens (tertiary/aromatic N) is 1. The number of hydrogen-bond acceptors (Lipinski definition) is 2. The van der Waals surface area contributed by atoms with Crippen molar-refractivity contribution in [2.45, 2.75) is 88.9 Å². The fraction of sp³-hybridized carbons (Fsp3) is 0.333. The van der Waals surface area contributed by atoms with Gasteiger partial charge in [0.15, 0.2) is 0 Å². The van der Waals surface area contributed by atoms with Crippen molar-refractivity contribution in [3.8, 4) is 33.8 Å². The van der Waals surface area contributed by atoms with E-state index in [-0.39, 0.29) is 16.2 Å². The zero-order chi connectivity index (χ0) is 37.8. The van der Waals surface area contributed by atoms with Gasteiger partial charge in [-0.15, -0.1) is 0 Å². The van der Waals surface area contributed by atoms with Crippen molar-refractivity contribution in [2.24, 2.45) is 23.7 Å². The van der Waals surface area contributed by atoms with Gasteiger partial charge in [-0.3, -0.25) is 0 Å². The molecule has 280 valence electrons. The summed E-state index contributed by atoms with van der Waals surface area (Å²) in [4.78, 5) is 2.55. The highest BCUT2D eigenvalue weighted by atomic mass is 16.5. The Labute approximate surface area is 333 Å². The summed E-state index contributed by atoms with van der Waals surface area (Å²) >= 11 is 0. The number of anilines is 3. The van der Waals surface area contributed by atoms with E-state index in [9.17, 15) is 0 Å². The second-order valence-corrected chi connectivity index (χ2v) is 19.2. The molecular weight excluding hydrogens is 679 g/mol. The highest BCUT2D eigenvalue weighted by Crippen LogP contribution is 2.70. The van der Waals surface area contributed by atoms with Crippen LogP contribution in [0.15, 0.2) is 140 Å². The van der Waals surface area contributed by atoms with E-state index in [2.05, 4.69) is 172 Å². The molecule has 6 aromatic carbocycles. The summed E-state index contributed by atoms with van der Waals surface area (Å²) in [5, 5.41) is 0. The zero-order valence-corrected chi connectivity index (χ0v) is 33.4. The molecule has 0 aromatic heterocycles. The summed E-state index contributed by atoms with van der Waals surface area (Å²) in [5.74, 6) is 5.06. The van der Waals surface area contributed by atoms with Gasteiger partial charge in [-0.2, -0.15) is 0 Å². The maximum atomic E-state index is 6.99. The fourth-order valence-electron chi connectivity index (χ4n) is 12.8. The molecule has 4 fully saturated rings. The normalized spacial score (nSPS) is 25.9. The van der Waals surface area contributed by atoms with Crippen molar-refractivity contribution in [3.63, 3.8) is 0 Å². The first-order valence-electron chi connectivity index (χ1n) is 21.3. The van der Waals surface area contributed by atoms with E-state index in [1.165, 1.54) is 107 Å². The molecule has 6 aromatic rings. The predicted octanol–water partition coefficient (Wildman–Crippen LogP) is 14.7. The molecule has 12 rings (SSSR count). The average Bonchev–Trinajstić information content (AvgIpc) is 3.22. The van der Waals surface area contributed by atoms with Gasteiger partial charge in [-0.1, -0.05) is 125 Å². The second kappa shape index (κ2) is 12.5. The quantitative estimate of drug-likeness (QED) is 0.175. The Hall–Kier alpha value is -5.08. The molecule has 4 saturated carbocycles. The highest BCUT2D eigenvalue weighted by molar-refractivity contribution is 5.85. The third kappa shape index (κ3) is 5.07. The Morgan fingerprint density at radius 3 is 1.71 bits per heavy atom. The van der Waals surface area contributed by atoms with E-state index in [0.717, 1.165) is 23.3 Å². The van der Waals surface area contributed by atoms with Crippen molar-refractivity contribution < 1.29 is 4.74 Å². The molecular formula is C54H53NO. The standard InChI is InChI=1S/C54H53NO/c1-52(2)28-29-53(3,4)50-44(14-10-16-46(50)52)39-22-26-43(27-23-39)55(42-24-20-38(21-25-42)37-12-6-5-7-13-37)47-17-11-19-49-51(47)54(45-15-8-9-18-48(45)56-49)40-31-35-30-36(33-40)34-41(54)32-35/h5-27,35-36,40-41H,28-34H2,1-4H3. The Balaban J connectivity index is 1.10. The average molecular weight is 732 g/mol. The van der Waals surface area contributed by atoms with Crippen LogP contribution in [0.25, 0.3) is 22.3 Å². The van der Waals surface area contributed by atoms with Gasteiger partial charge < -0.3 is 9.64 Å². The summed E-state index contributed by atoms with van der Waals surface area (Å²) in [5.41, 5.74) is 14.8. The van der Waals surface area contributed by atoms with Crippen LogP contribution < -0.4 is 9.64 Å². The van der Waals surface area contributed by atoms with E-state index >= 15 is 0 Å². The van der Waals surface area contributed by atoms with Crippen LogP contribution in [0.5, 0.6) is 11.5 Å². The fourth-order valence-corrected chi connectivity index (χ4v) is 12.8. The van der Waals surface area contributed by atoms with E-state index in [1.54, 1.807) is 0 Å². The molecule has 0 atom stereocenters. The van der Waals surface area contributed by atoms with Crippen molar-refractivity contribution in [1.29, 1.82) is 0 Å². The Bertz CT molecular complexity index is 2430. The summed E-state index contributed by atoms with van der Waals surface area (Å²) in [7, 11) is 0.